The molecule has 0 spiro atoms. The third kappa shape index (κ3) is 7.93. The second kappa shape index (κ2) is 16.1. The second-order valence-corrected chi connectivity index (χ2v) is 13.1. The highest BCUT2D eigenvalue weighted by atomic mass is 16.7. The second-order valence-electron chi connectivity index (χ2n) is 13.1. The largest absolute Gasteiger partial charge is 0.493 e. The van der Waals surface area contributed by atoms with Crippen LogP contribution in [-0.4, -0.2) is 93.7 Å². The lowest BCUT2D eigenvalue weighted by Crippen LogP contribution is -2.48. The average Bonchev–Trinajstić information content (AvgIpc) is 3.78. The van der Waals surface area contributed by atoms with Crippen LogP contribution in [0.4, 0.5) is 11.4 Å². The summed E-state index contributed by atoms with van der Waals surface area (Å²) in [4.78, 5) is 47.1. The van der Waals surface area contributed by atoms with Crippen LogP contribution in [0.2, 0.25) is 0 Å². The molecule has 0 radical (unpaired) electrons. The number of para-hydroxylation sites is 1. The summed E-state index contributed by atoms with van der Waals surface area (Å²) in [5.41, 5.74) is 9.82. The fraction of sp³-hybridized carbons (Fsp3) is 0.350. The van der Waals surface area contributed by atoms with Crippen molar-refractivity contribution in [3.8, 4) is 28.7 Å². The van der Waals surface area contributed by atoms with Crippen LogP contribution in [0, 0.1) is 0 Å². The van der Waals surface area contributed by atoms with Gasteiger partial charge in [0.25, 0.3) is 18.1 Å². The Morgan fingerprint density at radius 1 is 0.868 bits per heavy atom. The molecule has 3 aliphatic rings. The van der Waals surface area contributed by atoms with Gasteiger partial charge in [0, 0.05) is 37.5 Å². The smallest absolute Gasteiger partial charge is 0.345 e. The van der Waals surface area contributed by atoms with Crippen molar-refractivity contribution in [2.75, 3.05) is 52.8 Å². The molecule has 3 aliphatic heterocycles. The zero-order valence-corrected chi connectivity index (χ0v) is 30.1. The fourth-order valence-electron chi connectivity index (χ4n) is 6.63. The van der Waals surface area contributed by atoms with Crippen molar-refractivity contribution in [2.24, 2.45) is 4.99 Å². The Morgan fingerprint density at radius 3 is 2.21 bits per heavy atom. The zero-order chi connectivity index (χ0) is 37.6. The summed E-state index contributed by atoms with van der Waals surface area (Å²) in [5.74, 6) is 1.04. The molecule has 0 bridgehead atoms. The van der Waals surface area contributed by atoms with Gasteiger partial charge in [-0.05, 0) is 63.1 Å². The van der Waals surface area contributed by atoms with E-state index in [2.05, 4.69) is 24.9 Å². The lowest BCUT2D eigenvalue weighted by molar-refractivity contribution is -0.0916. The van der Waals surface area contributed by atoms with E-state index < -0.39 is 18.3 Å². The summed E-state index contributed by atoms with van der Waals surface area (Å²) < 4.78 is 34.8. The Morgan fingerprint density at radius 2 is 1.55 bits per heavy atom. The van der Waals surface area contributed by atoms with E-state index in [0.29, 0.717) is 84.7 Å². The first-order chi connectivity index (χ1) is 25.6. The number of benzene rings is 3. The van der Waals surface area contributed by atoms with Crippen molar-refractivity contribution in [2.45, 2.75) is 44.4 Å². The third-order valence-electron chi connectivity index (χ3n) is 9.43. The van der Waals surface area contributed by atoms with E-state index in [0.717, 1.165) is 30.4 Å². The van der Waals surface area contributed by atoms with Crippen LogP contribution in [0.25, 0.3) is 0 Å². The first-order valence-electron chi connectivity index (χ1n) is 17.4. The van der Waals surface area contributed by atoms with Gasteiger partial charge in [0.1, 0.15) is 17.4 Å². The molecule has 3 heterocycles. The average molecular weight is 725 g/mol. The number of unbranched alkanes of at least 4 members (excludes halogenated alkanes) is 2. The van der Waals surface area contributed by atoms with Gasteiger partial charge < -0.3 is 44.0 Å². The maximum atomic E-state index is 13.9. The summed E-state index contributed by atoms with van der Waals surface area (Å²) in [6.07, 6.45) is 2.40. The number of hydrogen-bond donors (Lipinski definition) is 1. The minimum Gasteiger partial charge on any atom is -0.493 e. The molecule has 13 heteroatoms. The van der Waals surface area contributed by atoms with Gasteiger partial charge in [-0.1, -0.05) is 36.4 Å². The molecule has 2 unspecified atom stereocenters. The molecular formula is C40H44N4O9. The summed E-state index contributed by atoms with van der Waals surface area (Å²) in [7, 11) is 3.02. The van der Waals surface area contributed by atoms with Crippen molar-refractivity contribution in [1.82, 2.24) is 9.80 Å². The molecule has 53 heavy (non-hydrogen) atoms. The number of fused-ring (bicyclic) bond motifs is 1. The molecule has 2 N–H and O–H groups in total. The maximum absolute atomic E-state index is 13.9. The van der Waals surface area contributed by atoms with Gasteiger partial charge in [0.2, 0.25) is 0 Å². The Kier molecular flexibility index (Phi) is 11.2. The first kappa shape index (κ1) is 36.8. The van der Waals surface area contributed by atoms with Gasteiger partial charge in [-0.25, -0.2) is 4.79 Å². The summed E-state index contributed by atoms with van der Waals surface area (Å²) in [5, 5.41) is 0. The van der Waals surface area contributed by atoms with Crippen molar-refractivity contribution in [3.63, 3.8) is 0 Å². The maximum Gasteiger partial charge on any atom is 0.345 e. The Hall–Kier alpha value is -5.98. The van der Waals surface area contributed by atoms with Crippen LogP contribution >= 0.6 is 0 Å². The summed E-state index contributed by atoms with van der Waals surface area (Å²) >= 11 is 0. The number of nitrogens with zero attached hydrogens (tertiary/aromatic N) is 3. The normalized spacial score (nSPS) is 17.9. The fourth-order valence-corrected chi connectivity index (χ4v) is 6.63. The molecule has 0 aliphatic carbocycles. The van der Waals surface area contributed by atoms with Crippen molar-refractivity contribution in [3.05, 3.63) is 89.5 Å². The van der Waals surface area contributed by atoms with E-state index in [1.54, 1.807) is 58.3 Å². The SMILES string of the molecule is C=Nc1cc(OCCCCCOc2cc(N)c(C(=O)N3CC(=C)CC3C3OC(=O)c4ccccc4O3)cc2OC)c(OC)cc1C(=O)N1CCC(=C)C1. The number of nitrogen functional groups attached to an aromatic ring is 1. The number of carbonyl (C=O) groups excluding carboxylic acids is 3. The summed E-state index contributed by atoms with van der Waals surface area (Å²) in [6, 6.07) is 12.7. The van der Waals surface area contributed by atoms with Gasteiger partial charge in [-0.2, -0.15) is 0 Å². The van der Waals surface area contributed by atoms with Gasteiger partial charge in [0.15, 0.2) is 23.0 Å². The number of methoxy groups -OCH3 is 2. The number of anilines is 1. The number of carbonyl (C=O) groups is 3. The lowest BCUT2D eigenvalue weighted by Gasteiger charge is -2.34. The van der Waals surface area contributed by atoms with E-state index in [1.807, 2.05) is 0 Å². The molecule has 2 fully saturated rings. The monoisotopic (exact) mass is 724 g/mol. The number of amides is 2. The minimum atomic E-state index is -1.00. The number of likely N-dealkylation sites (tertiary alicyclic amines) is 2. The molecule has 0 aromatic heterocycles. The predicted molar refractivity (Wildman–Crippen MR) is 199 cm³/mol. The van der Waals surface area contributed by atoms with Crippen molar-refractivity contribution in [1.29, 1.82) is 0 Å². The molecule has 2 amide bonds. The van der Waals surface area contributed by atoms with Gasteiger partial charge in [0.05, 0.1) is 44.2 Å². The van der Waals surface area contributed by atoms with Gasteiger partial charge >= 0.3 is 5.97 Å². The van der Waals surface area contributed by atoms with Crippen LogP contribution in [-0.2, 0) is 4.74 Å². The number of esters is 1. The van der Waals surface area contributed by atoms with Crippen molar-refractivity contribution >= 4 is 35.9 Å². The highest BCUT2D eigenvalue weighted by Gasteiger charge is 2.43. The topological polar surface area (TPSA) is 151 Å². The first-order valence-corrected chi connectivity index (χ1v) is 17.4. The van der Waals surface area contributed by atoms with E-state index >= 15 is 0 Å². The molecule has 278 valence electrons. The summed E-state index contributed by atoms with van der Waals surface area (Å²) in [6.45, 7) is 13.9. The molecule has 2 saturated heterocycles. The van der Waals surface area contributed by atoms with E-state index in [4.69, 9.17) is 34.2 Å². The number of aliphatic imine (C=N–C) groups is 1. The molecule has 3 aromatic carbocycles. The predicted octanol–water partition coefficient (Wildman–Crippen LogP) is 5.99. The number of nitrogens with two attached hydrogens (primary N) is 1. The molecule has 3 aromatic rings. The van der Waals surface area contributed by atoms with Crippen LogP contribution < -0.4 is 29.4 Å². The van der Waals surface area contributed by atoms with Crippen LogP contribution in [0.1, 0.15) is 63.2 Å². The molecule has 2 atom stereocenters. The Labute approximate surface area is 308 Å². The van der Waals surface area contributed by atoms with Crippen LogP contribution in [0.15, 0.2) is 77.8 Å². The van der Waals surface area contributed by atoms with E-state index in [-0.39, 0.29) is 29.6 Å². The number of rotatable bonds is 14. The number of ether oxygens (including phenoxy) is 6. The van der Waals surface area contributed by atoms with Gasteiger partial charge in [-0.15, -0.1) is 0 Å². The zero-order valence-electron chi connectivity index (χ0n) is 30.1. The van der Waals surface area contributed by atoms with Crippen LogP contribution in [0.3, 0.4) is 0 Å². The number of hydrogen-bond acceptors (Lipinski definition) is 11. The van der Waals surface area contributed by atoms with Crippen LogP contribution in [0.5, 0.6) is 28.7 Å². The molecule has 6 rings (SSSR count). The van der Waals surface area contributed by atoms with Crippen molar-refractivity contribution < 1.29 is 42.8 Å². The van der Waals surface area contributed by atoms with Gasteiger partial charge in [-0.3, -0.25) is 14.6 Å². The number of cyclic esters (lactones) is 1. The Bertz CT molecular complexity index is 1940. The molecular weight excluding hydrogens is 680 g/mol. The van der Waals surface area contributed by atoms with E-state index in [9.17, 15) is 14.4 Å². The third-order valence-corrected chi connectivity index (χ3v) is 9.43. The minimum absolute atomic E-state index is 0.146. The highest BCUT2D eigenvalue weighted by Crippen LogP contribution is 2.38. The quantitative estimate of drug-likeness (QED) is 0.0690. The molecule has 0 saturated carbocycles. The van der Waals surface area contributed by atoms with E-state index in [1.165, 1.54) is 14.2 Å². The Balaban J connectivity index is 1.02. The molecule has 13 nitrogen and oxygen atoms in total. The highest BCUT2D eigenvalue weighted by molar-refractivity contribution is 6.01. The standard InChI is InChI=1S/C40H44N4O9/c1-24-13-14-43(22-24)37(45)28-19-34(49-5)36(21-30(28)42-3)51-16-10-6-9-15-50-35-20-29(41)27(18-33(35)48-4)38(46)44-23-25(2)17-31(44)40-52-32-12-8-7-11-26(32)39(47)53-40/h7-8,11-12,18-21,31,40H,1-3,6,9-10,13-17,22-23,41H2,4-5H3. The lowest BCUT2D eigenvalue weighted by atomic mass is 10.1.